The summed E-state index contributed by atoms with van der Waals surface area (Å²) in [5, 5.41) is 5.67. The number of aromatic nitrogens is 1. The fourth-order valence-electron chi connectivity index (χ4n) is 2.07. The maximum atomic E-state index is 12.1. The number of halogens is 1. The SMILES string of the molecule is O=C(NC1CC1)c1ccc(NC(=O)c2ccc[nH]c2=O)cc1Cl. The van der Waals surface area contributed by atoms with Crippen molar-refractivity contribution in [3.63, 3.8) is 0 Å². The van der Waals surface area contributed by atoms with Gasteiger partial charge in [0.15, 0.2) is 0 Å². The molecular weight excluding hydrogens is 318 g/mol. The maximum absolute atomic E-state index is 12.1. The van der Waals surface area contributed by atoms with E-state index in [4.69, 9.17) is 11.6 Å². The molecule has 0 aliphatic heterocycles. The molecule has 1 aromatic carbocycles. The quantitative estimate of drug-likeness (QED) is 0.802. The number of anilines is 1. The summed E-state index contributed by atoms with van der Waals surface area (Å²) in [6, 6.07) is 7.83. The van der Waals surface area contributed by atoms with E-state index >= 15 is 0 Å². The molecule has 118 valence electrons. The van der Waals surface area contributed by atoms with Crippen LogP contribution >= 0.6 is 11.6 Å². The van der Waals surface area contributed by atoms with E-state index in [1.54, 1.807) is 18.2 Å². The van der Waals surface area contributed by atoms with E-state index in [1.165, 1.54) is 18.3 Å². The summed E-state index contributed by atoms with van der Waals surface area (Å²) in [7, 11) is 0. The van der Waals surface area contributed by atoms with Gasteiger partial charge in [0.1, 0.15) is 5.56 Å². The molecule has 3 rings (SSSR count). The Labute approximate surface area is 136 Å². The maximum Gasteiger partial charge on any atom is 0.261 e. The first-order chi connectivity index (χ1) is 11.0. The number of H-pyrrole nitrogens is 1. The zero-order chi connectivity index (χ0) is 16.4. The molecule has 2 aromatic rings. The number of carbonyl (C=O) groups is 2. The fraction of sp³-hybridized carbons (Fsp3) is 0.188. The zero-order valence-corrected chi connectivity index (χ0v) is 12.8. The van der Waals surface area contributed by atoms with Crippen molar-refractivity contribution in [2.24, 2.45) is 0 Å². The van der Waals surface area contributed by atoms with Gasteiger partial charge in [-0.05, 0) is 43.2 Å². The third-order valence-electron chi connectivity index (χ3n) is 3.45. The Kier molecular flexibility index (Phi) is 4.16. The van der Waals surface area contributed by atoms with Crippen LogP contribution < -0.4 is 16.2 Å². The van der Waals surface area contributed by atoms with Crippen molar-refractivity contribution in [2.45, 2.75) is 18.9 Å². The van der Waals surface area contributed by atoms with Gasteiger partial charge in [0, 0.05) is 17.9 Å². The highest BCUT2D eigenvalue weighted by Gasteiger charge is 2.24. The van der Waals surface area contributed by atoms with Crippen molar-refractivity contribution in [1.29, 1.82) is 0 Å². The zero-order valence-electron chi connectivity index (χ0n) is 12.1. The van der Waals surface area contributed by atoms with Crippen molar-refractivity contribution < 1.29 is 9.59 Å². The second-order valence-corrected chi connectivity index (χ2v) is 5.72. The molecule has 3 N–H and O–H groups in total. The lowest BCUT2D eigenvalue weighted by Gasteiger charge is -2.09. The summed E-state index contributed by atoms with van der Waals surface area (Å²) in [4.78, 5) is 38.1. The third-order valence-corrected chi connectivity index (χ3v) is 3.76. The van der Waals surface area contributed by atoms with E-state index in [9.17, 15) is 14.4 Å². The average molecular weight is 332 g/mol. The van der Waals surface area contributed by atoms with Crippen molar-refractivity contribution >= 4 is 29.1 Å². The Balaban J connectivity index is 1.75. The van der Waals surface area contributed by atoms with Crippen LogP contribution in [0, 0.1) is 0 Å². The lowest BCUT2D eigenvalue weighted by molar-refractivity contribution is 0.0950. The largest absolute Gasteiger partial charge is 0.349 e. The number of rotatable bonds is 4. The first-order valence-electron chi connectivity index (χ1n) is 7.14. The topological polar surface area (TPSA) is 91.1 Å². The number of aromatic amines is 1. The second-order valence-electron chi connectivity index (χ2n) is 5.31. The Morgan fingerprint density at radius 3 is 2.57 bits per heavy atom. The molecule has 1 saturated carbocycles. The predicted molar refractivity (Wildman–Crippen MR) is 87.0 cm³/mol. The van der Waals surface area contributed by atoms with Crippen LogP contribution in [-0.4, -0.2) is 22.8 Å². The minimum absolute atomic E-state index is 0.000763. The van der Waals surface area contributed by atoms with Crippen molar-refractivity contribution in [1.82, 2.24) is 10.3 Å². The molecule has 1 aliphatic rings. The normalized spacial score (nSPS) is 13.4. The van der Waals surface area contributed by atoms with Gasteiger partial charge in [0.2, 0.25) is 0 Å². The van der Waals surface area contributed by atoms with Crippen LogP contribution in [0.4, 0.5) is 5.69 Å². The van der Waals surface area contributed by atoms with Crippen LogP contribution in [-0.2, 0) is 0 Å². The first-order valence-corrected chi connectivity index (χ1v) is 7.52. The van der Waals surface area contributed by atoms with Crippen LogP contribution in [0.15, 0.2) is 41.3 Å². The van der Waals surface area contributed by atoms with E-state index in [-0.39, 0.29) is 22.5 Å². The highest BCUT2D eigenvalue weighted by Crippen LogP contribution is 2.24. The average Bonchev–Trinajstić information content (AvgIpc) is 3.31. The molecule has 1 aliphatic carbocycles. The van der Waals surface area contributed by atoms with Crippen molar-refractivity contribution in [3.05, 3.63) is 63.0 Å². The molecule has 0 spiro atoms. The fourth-order valence-corrected chi connectivity index (χ4v) is 2.33. The summed E-state index contributed by atoms with van der Waals surface area (Å²) in [5.74, 6) is -0.770. The molecule has 0 saturated heterocycles. The van der Waals surface area contributed by atoms with Gasteiger partial charge in [0.05, 0.1) is 10.6 Å². The van der Waals surface area contributed by atoms with Gasteiger partial charge in [0.25, 0.3) is 17.4 Å². The Bertz CT molecular complexity index is 827. The molecular formula is C16H14ClN3O3. The van der Waals surface area contributed by atoms with Gasteiger partial charge in [-0.15, -0.1) is 0 Å². The van der Waals surface area contributed by atoms with Crippen LogP contribution in [0.5, 0.6) is 0 Å². The van der Waals surface area contributed by atoms with Gasteiger partial charge in [-0.2, -0.15) is 0 Å². The standard InChI is InChI=1S/C16H14ClN3O3/c17-13-8-10(5-6-11(13)15(22)19-9-3-4-9)20-16(23)12-2-1-7-18-14(12)21/h1-2,5-9H,3-4H2,(H,18,21)(H,19,22)(H,20,23). The van der Waals surface area contributed by atoms with E-state index in [2.05, 4.69) is 15.6 Å². The minimum atomic E-state index is -0.543. The van der Waals surface area contributed by atoms with Crippen molar-refractivity contribution in [2.75, 3.05) is 5.32 Å². The highest BCUT2D eigenvalue weighted by molar-refractivity contribution is 6.34. The predicted octanol–water partition coefficient (Wildman–Crippen LogP) is 2.17. The summed E-state index contributed by atoms with van der Waals surface area (Å²) in [6.45, 7) is 0. The first kappa shape index (κ1) is 15.3. The van der Waals surface area contributed by atoms with Gasteiger partial charge >= 0.3 is 0 Å². The molecule has 0 bridgehead atoms. The van der Waals surface area contributed by atoms with Crippen LogP contribution in [0.25, 0.3) is 0 Å². The summed E-state index contributed by atoms with van der Waals surface area (Å²) >= 11 is 6.11. The highest BCUT2D eigenvalue weighted by atomic mass is 35.5. The van der Waals surface area contributed by atoms with Gasteiger partial charge in [-0.3, -0.25) is 14.4 Å². The second kappa shape index (κ2) is 6.26. The molecule has 1 aromatic heterocycles. The van der Waals surface area contributed by atoms with Gasteiger partial charge in [-0.25, -0.2) is 0 Å². The molecule has 1 fully saturated rings. The van der Waals surface area contributed by atoms with E-state index < -0.39 is 11.5 Å². The number of amides is 2. The summed E-state index contributed by atoms with van der Waals surface area (Å²) in [6.07, 6.45) is 3.43. The van der Waals surface area contributed by atoms with E-state index in [1.807, 2.05) is 0 Å². The Morgan fingerprint density at radius 2 is 1.91 bits per heavy atom. The monoisotopic (exact) mass is 331 g/mol. The van der Waals surface area contributed by atoms with E-state index in [0.717, 1.165) is 12.8 Å². The smallest absolute Gasteiger partial charge is 0.261 e. The molecule has 2 amide bonds. The van der Waals surface area contributed by atoms with Crippen molar-refractivity contribution in [3.8, 4) is 0 Å². The number of nitrogens with one attached hydrogen (secondary N) is 3. The molecule has 0 atom stereocenters. The number of benzene rings is 1. The summed E-state index contributed by atoms with van der Waals surface area (Å²) in [5.41, 5.74) is 0.288. The van der Waals surface area contributed by atoms with Crippen LogP contribution in [0.1, 0.15) is 33.6 Å². The summed E-state index contributed by atoms with van der Waals surface area (Å²) < 4.78 is 0. The van der Waals surface area contributed by atoms with Crippen LogP contribution in [0.3, 0.4) is 0 Å². The van der Waals surface area contributed by atoms with Gasteiger partial charge in [-0.1, -0.05) is 11.6 Å². The Morgan fingerprint density at radius 1 is 1.13 bits per heavy atom. The van der Waals surface area contributed by atoms with Crippen LogP contribution in [0.2, 0.25) is 5.02 Å². The van der Waals surface area contributed by atoms with Gasteiger partial charge < -0.3 is 15.6 Å². The number of carbonyl (C=O) groups excluding carboxylic acids is 2. The molecule has 1 heterocycles. The lowest BCUT2D eigenvalue weighted by Crippen LogP contribution is -2.25. The molecule has 0 unspecified atom stereocenters. The number of pyridine rings is 1. The third kappa shape index (κ3) is 3.60. The Hall–Kier alpha value is -2.60. The lowest BCUT2D eigenvalue weighted by atomic mass is 10.1. The number of hydrogen-bond donors (Lipinski definition) is 3. The molecule has 0 radical (unpaired) electrons. The molecule has 7 heteroatoms. The molecule has 23 heavy (non-hydrogen) atoms. The van der Waals surface area contributed by atoms with E-state index in [0.29, 0.717) is 11.3 Å². The number of hydrogen-bond acceptors (Lipinski definition) is 3. The minimum Gasteiger partial charge on any atom is -0.349 e. The molecule has 6 nitrogen and oxygen atoms in total.